The molecule has 3 N–H and O–H groups in total. The third kappa shape index (κ3) is 2.51. The van der Waals surface area contributed by atoms with Crippen LogP contribution in [0.2, 0.25) is 0 Å². The number of amides is 2. The molecule has 17 heavy (non-hydrogen) atoms. The van der Waals surface area contributed by atoms with Crippen LogP contribution in [0, 0.1) is 0 Å². The number of aromatic nitrogens is 1. The zero-order valence-electron chi connectivity index (χ0n) is 8.67. The predicted octanol–water partition coefficient (Wildman–Crippen LogP) is 0.150. The van der Waals surface area contributed by atoms with E-state index < -0.39 is 11.8 Å². The van der Waals surface area contributed by atoms with Gasteiger partial charge in [-0.25, -0.2) is 0 Å². The number of rotatable bonds is 4. The van der Waals surface area contributed by atoms with E-state index >= 15 is 0 Å². The Bertz CT molecular complexity index is 530. The van der Waals surface area contributed by atoms with Gasteiger partial charge in [0.15, 0.2) is 11.5 Å². The highest BCUT2D eigenvalue weighted by atomic mass is 16.5. The van der Waals surface area contributed by atoms with Gasteiger partial charge < -0.3 is 20.0 Å². The molecule has 88 valence electrons. The van der Waals surface area contributed by atoms with E-state index in [2.05, 4.69) is 10.5 Å². The molecule has 0 saturated carbocycles. The second-order valence-corrected chi connectivity index (χ2v) is 3.20. The van der Waals surface area contributed by atoms with Crippen LogP contribution in [0.1, 0.15) is 10.5 Å². The van der Waals surface area contributed by atoms with Gasteiger partial charge in [0.2, 0.25) is 11.7 Å². The van der Waals surface area contributed by atoms with Crippen molar-refractivity contribution >= 4 is 11.8 Å². The van der Waals surface area contributed by atoms with Crippen LogP contribution < -0.4 is 11.1 Å². The molecule has 0 aliphatic rings. The molecule has 0 unspecified atom stereocenters. The molecule has 0 radical (unpaired) electrons. The summed E-state index contributed by atoms with van der Waals surface area (Å²) in [7, 11) is 0. The number of furan rings is 1. The van der Waals surface area contributed by atoms with Crippen LogP contribution in [0.4, 0.5) is 0 Å². The normalized spacial score (nSPS) is 10.1. The largest absolute Gasteiger partial charge is 0.461 e. The van der Waals surface area contributed by atoms with E-state index in [1.54, 1.807) is 12.1 Å². The zero-order chi connectivity index (χ0) is 12.3. The van der Waals surface area contributed by atoms with E-state index in [9.17, 15) is 9.59 Å². The average Bonchev–Trinajstić information content (AvgIpc) is 2.94. The lowest BCUT2D eigenvalue weighted by atomic mass is 10.3. The van der Waals surface area contributed by atoms with Gasteiger partial charge in [-0.3, -0.25) is 9.59 Å². The van der Waals surface area contributed by atoms with E-state index in [0.29, 0.717) is 11.5 Å². The Morgan fingerprint density at radius 1 is 1.41 bits per heavy atom. The van der Waals surface area contributed by atoms with Crippen molar-refractivity contribution in [2.75, 3.05) is 6.54 Å². The molecule has 2 heterocycles. The van der Waals surface area contributed by atoms with E-state index in [1.807, 2.05) is 0 Å². The average molecular weight is 235 g/mol. The first-order valence-corrected chi connectivity index (χ1v) is 4.74. The molecular formula is C10H9N3O4. The summed E-state index contributed by atoms with van der Waals surface area (Å²) in [6.45, 7) is -0.248. The lowest BCUT2D eigenvalue weighted by Gasteiger charge is -1.96. The maximum absolute atomic E-state index is 11.5. The lowest BCUT2D eigenvalue weighted by molar-refractivity contribution is -0.117. The minimum absolute atomic E-state index is 0.0534. The van der Waals surface area contributed by atoms with Crippen molar-refractivity contribution in [3.63, 3.8) is 0 Å². The molecule has 0 aliphatic carbocycles. The van der Waals surface area contributed by atoms with E-state index in [4.69, 9.17) is 14.7 Å². The predicted molar refractivity (Wildman–Crippen MR) is 55.7 cm³/mol. The summed E-state index contributed by atoms with van der Waals surface area (Å²) < 4.78 is 9.99. The molecule has 2 amide bonds. The quantitative estimate of drug-likeness (QED) is 0.783. The molecule has 2 aromatic heterocycles. The molecule has 7 heteroatoms. The molecule has 0 bridgehead atoms. The number of primary amides is 1. The first kappa shape index (κ1) is 10.9. The van der Waals surface area contributed by atoms with Gasteiger partial charge in [0.05, 0.1) is 12.8 Å². The third-order valence-corrected chi connectivity index (χ3v) is 1.93. The number of hydrogen-bond acceptors (Lipinski definition) is 5. The van der Waals surface area contributed by atoms with Gasteiger partial charge in [0.1, 0.15) is 0 Å². The Labute approximate surface area is 95.6 Å². The highest BCUT2D eigenvalue weighted by molar-refractivity contribution is 5.95. The Morgan fingerprint density at radius 2 is 2.24 bits per heavy atom. The van der Waals surface area contributed by atoms with Crippen molar-refractivity contribution in [2.24, 2.45) is 5.73 Å². The Kier molecular flexibility index (Phi) is 2.91. The number of nitrogens with zero attached hydrogens (tertiary/aromatic N) is 1. The Balaban J connectivity index is 2.08. The second kappa shape index (κ2) is 4.52. The van der Waals surface area contributed by atoms with Crippen molar-refractivity contribution < 1.29 is 18.5 Å². The summed E-state index contributed by atoms with van der Waals surface area (Å²) >= 11 is 0. The first-order chi connectivity index (χ1) is 8.16. The monoisotopic (exact) mass is 235 g/mol. The van der Waals surface area contributed by atoms with Crippen molar-refractivity contribution in [1.82, 2.24) is 10.5 Å². The number of carbonyl (C=O) groups is 2. The molecule has 0 spiro atoms. The second-order valence-electron chi connectivity index (χ2n) is 3.20. The minimum atomic E-state index is -0.631. The summed E-state index contributed by atoms with van der Waals surface area (Å²) in [6, 6.07) is 4.77. The van der Waals surface area contributed by atoms with Gasteiger partial charge in [0, 0.05) is 6.07 Å². The summed E-state index contributed by atoms with van der Waals surface area (Å²) in [5.74, 6) is -0.371. The van der Waals surface area contributed by atoms with Crippen LogP contribution in [0.3, 0.4) is 0 Å². The van der Waals surface area contributed by atoms with Gasteiger partial charge in [-0.15, -0.1) is 0 Å². The van der Waals surface area contributed by atoms with Crippen LogP contribution in [0.5, 0.6) is 0 Å². The smallest absolute Gasteiger partial charge is 0.273 e. The van der Waals surface area contributed by atoms with Crippen LogP contribution in [0.15, 0.2) is 33.4 Å². The summed E-state index contributed by atoms with van der Waals surface area (Å²) in [5.41, 5.74) is 4.94. The standard InChI is InChI=1S/C10H9N3O4/c11-9(14)5-12-10(15)6-4-8(17-13-6)7-2-1-3-16-7/h1-4H,5H2,(H2,11,14)(H,12,15). The van der Waals surface area contributed by atoms with Gasteiger partial charge in [0.25, 0.3) is 5.91 Å². The molecule has 0 fully saturated rings. The van der Waals surface area contributed by atoms with E-state index in [0.717, 1.165) is 0 Å². The fourth-order valence-corrected chi connectivity index (χ4v) is 1.18. The van der Waals surface area contributed by atoms with Crippen molar-refractivity contribution in [1.29, 1.82) is 0 Å². The van der Waals surface area contributed by atoms with Crippen molar-refractivity contribution in [2.45, 2.75) is 0 Å². The van der Waals surface area contributed by atoms with Crippen molar-refractivity contribution in [3.05, 3.63) is 30.2 Å². The molecule has 0 aromatic carbocycles. The lowest BCUT2D eigenvalue weighted by Crippen LogP contribution is -2.33. The number of carbonyl (C=O) groups excluding carboxylic acids is 2. The Hall–Kier alpha value is -2.57. The fourth-order valence-electron chi connectivity index (χ4n) is 1.18. The van der Waals surface area contributed by atoms with Gasteiger partial charge in [-0.05, 0) is 12.1 Å². The number of nitrogens with two attached hydrogens (primary N) is 1. The summed E-state index contributed by atoms with van der Waals surface area (Å²) in [6.07, 6.45) is 1.48. The number of hydrogen-bond donors (Lipinski definition) is 2. The first-order valence-electron chi connectivity index (χ1n) is 4.74. The topological polar surface area (TPSA) is 111 Å². The Morgan fingerprint density at radius 3 is 2.88 bits per heavy atom. The van der Waals surface area contributed by atoms with Crippen LogP contribution >= 0.6 is 0 Å². The van der Waals surface area contributed by atoms with Gasteiger partial charge in [-0.1, -0.05) is 5.16 Å². The molecule has 0 saturated heterocycles. The summed E-state index contributed by atoms with van der Waals surface area (Å²) in [5, 5.41) is 5.84. The molecule has 0 aliphatic heterocycles. The molecule has 0 atom stereocenters. The SMILES string of the molecule is NC(=O)CNC(=O)c1cc(-c2ccco2)on1. The molecule has 2 aromatic rings. The van der Waals surface area contributed by atoms with Crippen LogP contribution in [-0.4, -0.2) is 23.5 Å². The molecular weight excluding hydrogens is 226 g/mol. The highest BCUT2D eigenvalue weighted by Gasteiger charge is 2.15. The van der Waals surface area contributed by atoms with Gasteiger partial charge in [-0.2, -0.15) is 0 Å². The maximum atomic E-state index is 11.5. The molecule has 7 nitrogen and oxygen atoms in total. The van der Waals surface area contributed by atoms with Crippen molar-refractivity contribution in [3.8, 4) is 11.5 Å². The summed E-state index contributed by atoms with van der Waals surface area (Å²) in [4.78, 5) is 21.9. The van der Waals surface area contributed by atoms with Gasteiger partial charge >= 0.3 is 0 Å². The minimum Gasteiger partial charge on any atom is -0.461 e. The molecule has 2 rings (SSSR count). The third-order valence-electron chi connectivity index (χ3n) is 1.93. The number of nitrogens with one attached hydrogen (secondary N) is 1. The van der Waals surface area contributed by atoms with E-state index in [1.165, 1.54) is 12.3 Å². The van der Waals surface area contributed by atoms with Crippen LogP contribution in [-0.2, 0) is 4.79 Å². The highest BCUT2D eigenvalue weighted by Crippen LogP contribution is 2.20. The van der Waals surface area contributed by atoms with E-state index in [-0.39, 0.29) is 12.2 Å². The fraction of sp³-hybridized carbons (Fsp3) is 0.100. The maximum Gasteiger partial charge on any atom is 0.273 e. The van der Waals surface area contributed by atoms with Crippen LogP contribution in [0.25, 0.3) is 11.5 Å². The zero-order valence-corrected chi connectivity index (χ0v) is 8.67.